The van der Waals surface area contributed by atoms with Crippen LogP contribution in [0.5, 0.6) is 0 Å². The summed E-state index contributed by atoms with van der Waals surface area (Å²) in [6.45, 7) is 5.44. The van der Waals surface area contributed by atoms with Crippen molar-refractivity contribution >= 4 is 27.7 Å². The van der Waals surface area contributed by atoms with Gasteiger partial charge in [-0.15, -0.1) is 0 Å². The Balaban J connectivity index is 2.25. The van der Waals surface area contributed by atoms with E-state index in [0.717, 1.165) is 18.5 Å². The lowest BCUT2D eigenvalue weighted by Gasteiger charge is -2.37. The molecule has 84 valence electrons. The summed E-state index contributed by atoms with van der Waals surface area (Å²) < 4.78 is 5.68. The van der Waals surface area contributed by atoms with Crippen LogP contribution < -0.4 is 0 Å². The minimum absolute atomic E-state index is 0.389. The van der Waals surface area contributed by atoms with Crippen molar-refractivity contribution in [2.24, 2.45) is 0 Å². The molecule has 0 aromatic carbocycles. The third-order valence-corrected chi connectivity index (χ3v) is 4.02. The Morgan fingerprint density at radius 3 is 3.00 bits per heavy atom. The van der Waals surface area contributed by atoms with Crippen LogP contribution in [0.3, 0.4) is 0 Å². The molecule has 1 aliphatic heterocycles. The molecular formula is C10H20BrNOS. The summed E-state index contributed by atoms with van der Waals surface area (Å²) in [5, 5.41) is 0.957. The van der Waals surface area contributed by atoms with Crippen LogP contribution in [0.25, 0.3) is 0 Å². The highest BCUT2D eigenvalue weighted by Gasteiger charge is 2.24. The predicted molar refractivity (Wildman–Crippen MR) is 67.6 cm³/mol. The van der Waals surface area contributed by atoms with Crippen LogP contribution in [0.2, 0.25) is 0 Å². The van der Waals surface area contributed by atoms with Crippen LogP contribution in [0, 0.1) is 0 Å². The maximum absolute atomic E-state index is 5.68. The maximum atomic E-state index is 5.68. The number of rotatable bonds is 5. The highest BCUT2D eigenvalue weighted by atomic mass is 79.9. The largest absolute Gasteiger partial charge is 0.374 e. The Labute approximate surface area is 99.9 Å². The van der Waals surface area contributed by atoms with Crippen molar-refractivity contribution < 1.29 is 4.74 Å². The molecule has 1 fully saturated rings. The number of halogens is 1. The van der Waals surface area contributed by atoms with E-state index < -0.39 is 0 Å². The topological polar surface area (TPSA) is 12.5 Å². The number of alkyl halides is 1. The quantitative estimate of drug-likeness (QED) is 0.567. The van der Waals surface area contributed by atoms with Crippen molar-refractivity contribution in [3.05, 3.63) is 0 Å². The normalized spacial score (nSPS) is 29.4. The van der Waals surface area contributed by atoms with Gasteiger partial charge in [-0.1, -0.05) is 15.9 Å². The number of hydrogen-bond acceptors (Lipinski definition) is 3. The second-order valence-electron chi connectivity index (χ2n) is 3.80. The lowest BCUT2D eigenvalue weighted by molar-refractivity contribution is -0.0462. The van der Waals surface area contributed by atoms with E-state index in [4.69, 9.17) is 4.74 Å². The van der Waals surface area contributed by atoms with Gasteiger partial charge in [0.1, 0.15) is 0 Å². The molecule has 0 radical (unpaired) electrons. The highest BCUT2D eigenvalue weighted by molar-refractivity contribution is 9.09. The van der Waals surface area contributed by atoms with Crippen molar-refractivity contribution in [1.82, 2.24) is 4.90 Å². The first-order valence-electron chi connectivity index (χ1n) is 5.18. The Bertz CT molecular complexity index is 159. The standard InChI is InChI=1S/C10H20BrNOS/c1-9-8-13-10(6-11)7-12(9)4-3-5-14-2/h9-10H,3-8H2,1-2H3. The second-order valence-corrected chi connectivity index (χ2v) is 5.43. The molecular weight excluding hydrogens is 262 g/mol. The molecule has 0 saturated carbocycles. The molecule has 1 aliphatic rings. The van der Waals surface area contributed by atoms with Crippen molar-refractivity contribution in [1.29, 1.82) is 0 Å². The molecule has 1 heterocycles. The SMILES string of the molecule is CSCCCN1CC(CBr)OCC1C. The van der Waals surface area contributed by atoms with Crippen LogP contribution in [0.1, 0.15) is 13.3 Å². The minimum Gasteiger partial charge on any atom is -0.374 e. The van der Waals surface area contributed by atoms with Gasteiger partial charge in [0.2, 0.25) is 0 Å². The van der Waals surface area contributed by atoms with E-state index >= 15 is 0 Å². The van der Waals surface area contributed by atoms with E-state index in [1.54, 1.807) is 0 Å². The molecule has 2 unspecified atom stereocenters. The number of morpholine rings is 1. The molecule has 14 heavy (non-hydrogen) atoms. The van der Waals surface area contributed by atoms with E-state index in [-0.39, 0.29) is 0 Å². The third-order valence-electron chi connectivity index (χ3n) is 2.60. The molecule has 0 aliphatic carbocycles. The smallest absolute Gasteiger partial charge is 0.0799 e. The summed E-state index contributed by atoms with van der Waals surface area (Å²) in [5.41, 5.74) is 0. The van der Waals surface area contributed by atoms with Gasteiger partial charge in [-0.3, -0.25) is 4.90 Å². The second kappa shape index (κ2) is 7.09. The molecule has 0 aromatic rings. The Morgan fingerprint density at radius 1 is 1.57 bits per heavy atom. The summed E-state index contributed by atoms with van der Waals surface area (Å²) in [6, 6.07) is 0.590. The molecule has 0 amide bonds. The number of hydrogen-bond donors (Lipinski definition) is 0. The van der Waals surface area contributed by atoms with Gasteiger partial charge >= 0.3 is 0 Å². The fourth-order valence-electron chi connectivity index (χ4n) is 1.69. The van der Waals surface area contributed by atoms with Crippen molar-refractivity contribution in [3.63, 3.8) is 0 Å². The van der Waals surface area contributed by atoms with Gasteiger partial charge in [0.25, 0.3) is 0 Å². The molecule has 2 nitrogen and oxygen atoms in total. The highest BCUT2D eigenvalue weighted by Crippen LogP contribution is 2.14. The van der Waals surface area contributed by atoms with Gasteiger partial charge in [0.05, 0.1) is 12.7 Å². The molecule has 2 atom stereocenters. The summed E-state index contributed by atoms with van der Waals surface area (Å²) in [4.78, 5) is 2.55. The summed E-state index contributed by atoms with van der Waals surface area (Å²) in [6.07, 6.45) is 3.85. The van der Waals surface area contributed by atoms with Crippen molar-refractivity contribution in [2.75, 3.05) is 37.0 Å². The summed E-state index contributed by atoms with van der Waals surface area (Å²) in [7, 11) is 0. The number of ether oxygens (including phenoxy) is 1. The van der Waals surface area contributed by atoms with Crippen molar-refractivity contribution in [3.8, 4) is 0 Å². The van der Waals surface area contributed by atoms with Crippen LogP contribution in [-0.4, -0.2) is 54.1 Å². The molecule has 0 spiro atoms. The van der Waals surface area contributed by atoms with Gasteiger partial charge in [-0.05, 0) is 31.9 Å². The Morgan fingerprint density at radius 2 is 2.36 bits per heavy atom. The van der Waals surface area contributed by atoms with Gasteiger partial charge in [-0.2, -0.15) is 11.8 Å². The van der Waals surface area contributed by atoms with E-state index in [9.17, 15) is 0 Å². The first-order chi connectivity index (χ1) is 6.77. The molecule has 4 heteroatoms. The average Bonchev–Trinajstić information content (AvgIpc) is 2.21. The van der Waals surface area contributed by atoms with E-state index in [1.807, 2.05) is 11.8 Å². The molecule has 1 saturated heterocycles. The fourth-order valence-corrected chi connectivity index (χ4v) is 2.50. The van der Waals surface area contributed by atoms with Crippen molar-refractivity contribution in [2.45, 2.75) is 25.5 Å². The van der Waals surface area contributed by atoms with Crippen LogP contribution in [-0.2, 0) is 4.74 Å². The lowest BCUT2D eigenvalue weighted by Crippen LogP contribution is -2.49. The zero-order valence-electron chi connectivity index (χ0n) is 9.04. The van der Waals surface area contributed by atoms with Gasteiger partial charge in [0, 0.05) is 17.9 Å². The first kappa shape index (κ1) is 12.8. The zero-order chi connectivity index (χ0) is 10.4. The van der Waals surface area contributed by atoms with Crippen LogP contribution >= 0.6 is 27.7 Å². The fraction of sp³-hybridized carbons (Fsp3) is 1.00. The van der Waals surface area contributed by atoms with Gasteiger partial charge in [0.15, 0.2) is 0 Å². The zero-order valence-corrected chi connectivity index (χ0v) is 11.4. The van der Waals surface area contributed by atoms with Gasteiger partial charge in [-0.25, -0.2) is 0 Å². The monoisotopic (exact) mass is 281 g/mol. The van der Waals surface area contributed by atoms with Crippen LogP contribution in [0.4, 0.5) is 0 Å². The van der Waals surface area contributed by atoms with Gasteiger partial charge < -0.3 is 4.74 Å². The number of thioether (sulfide) groups is 1. The summed E-state index contributed by atoms with van der Waals surface area (Å²) in [5.74, 6) is 1.27. The Kier molecular flexibility index (Phi) is 6.50. The lowest BCUT2D eigenvalue weighted by atomic mass is 10.2. The molecule has 0 aromatic heterocycles. The number of nitrogens with zero attached hydrogens (tertiary/aromatic N) is 1. The third kappa shape index (κ3) is 4.09. The van der Waals surface area contributed by atoms with Crippen LogP contribution in [0.15, 0.2) is 0 Å². The average molecular weight is 282 g/mol. The maximum Gasteiger partial charge on any atom is 0.0799 e. The minimum atomic E-state index is 0.389. The summed E-state index contributed by atoms with van der Waals surface area (Å²) >= 11 is 5.42. The first-order valence-corrected chi connectivity index (χ1v) is 7.70. The van der Waals surface area contributed by atoms with E-state index in [2.05, 4.69) is 34.0 Å². The predicted octanol–water partition coefficient (Wildman–Crippen LogP) is 2.22. The molecule has 0 N–H and O–H groups in total. The van der Waals surface area contributed by atoms with E-state index in [1.165, 1.54) is 18.7 Å². The van der Waals surface area contributed by atoms with E-state index in [0.29, 0.717) is 12.1 Å². The Hall–Kier alpha value is 0.750. The molecule has 1 rings (SSSR count). The molecule has 0 bridgehead atoms.